The van der Waals surface area contributed by atoms with Gasteiger partial charge in [-0.3, -0.25) is 0 Å². The summed E-state index contributed by atoms with van der Waals surface area (Å²) < 4.78 is 38.1. The van der Waals surface area contributed by atoms with Crippen LogP contribution >= 0.6 is 0 Å². The molecule has 2 N–H and O–H groups in total. The number of anilines is 1. The van der Waals surface area contributed by atoms with E-state index >= 15 is 0 Å². The molecule has 1 aliphatic carbocycles. The summed E-state index contributed by atoms with van der Waals surface area (Å²) in [4.78, 5) is -0.136. The minimum Gasteiger partial charge on any atom is -0.398 e. The lowest BCUT2D eigenvalue weighted by molar-refractivity contribution is 0.590. The molecule has 5 heteroatoms. The summed E-state index contributed by atoms with van der Waals surface area (Å²) in [6, 6.07) is 9.18. The van der Waals surface area contributed by atoms with E-state index in [9.17, 15) is 12.8 Å². The first-order valence-corrected chi connectivity index (χ1v) is 8.49. The Morgan fingerprint density at radius 1 is 1.05 bits per heavy atom. The molecule has 0 saturated carbocycles. The number of aryl methyl sites for hydroxylation is 2. The summed E-state index contributed by atoms with van der Waals surface area (Å²) in [7, 11) is -3.65. The van der Waals surface area contributed by atoms with Crippen LogP contribution in [0.4, 0.5) is 10.1 Å². The van der Waals surface area contributed by atoms with Gasteiger partial charge >= 0.3 is 0 Å². The predicted molar refractivity (Wildman–Crippen MR) is 80.2 cm³/mol. The highest BCUT2D eigenvalue weighted by Crippen LogP contribution is 2.27. The Morgan fingerprint density at radius 3 is 2.62 bits per heavy atom. The monoisotopic (exact) mass is 305 g/mol. The molecule has 0 aliphatic heterocycles. The van der Waals surface area contributed by atoms with Crippen LogP contribution in [-0.2, 0) is 28.4 Å². The van der Waals surface area contributed by atoms with Crippen molar-refractivity contribution in [3.63, 3.8) is 0 Å². The van der Waals surface area contributed by atoms with Crippen molar-refractivity contribution < 1.29 is 12.8 Å². The third kappa shape index (κ3) is 2.78. The van der Waals surface area contributed by atoms with Crippen molar-refractivity contribution in [3.8, 4) is 0 Å². The largest absolute Gasteiger partial charge is 0.398 e. The molecular formula is C16H16FNO2S. The molecule has 21 heavy (non-hydrogen) atoms. The molecule has 0 bridgehead atoms. The Bertz CT molecular complexity index is 800. The van der Waals surface area contributed by atoms with Gasteiger partial charge in [0.25, 0.3) is 0 Å². The summed E-state index contributed by atoms with van der Waals surface area (Å²) in [6.07, 6.45) is 3.16. The molecule has 0 fully saturated rings. The molecule has 0 aromatic heterocycles. The predicted octanol–water partition coefficient (Wildman–Crippen LogP) is 2.87. The summed E-state index contributed by atoms with van der Waals surface area (Å²) in [6.45, 7) is 0. The van der Waals surface area contributed by atoms with Crippen LogP contribution in [0.3, 0.4) is 0 Å². The average Bonchev–Trinajstić information content (AvgIpc) is 2.88. The lowest BCUT2D eigenvalue weighted by Gasteiger charge is -2.09. The van der Waals surface area contributed by atoms with Crippen molar-refractivity contribution in [2.24, 2.45) is 0 Å². The normalized spacial score (nSPS) is 14.1. The highest BCUT2D eigenvalue weighted by atomic mass is 32.2. The van der Waals surface area contributed by atoms with E-state index in [1.165, 1.54) is 17.2 Å². The zero-order valence-corrected chi connectivity index (χ0v) is 12.3. The van der Waals surface area contributed by atoms with Gasteiger partial charge in [0, 0.05) is 0 Å². The number of halogens is 1. The molecule has 0 radical (unpaired) electrons. The molecule has 0 atom stereocenters. The number of fused-ring (bicyclic) bond motifs is 1. The standard InChI is InChI=1S/C16H16FNO2S/c17-14-6-7-15(18)16(9-14)21(19,20)10-11-4-5-12-2-1-3-13(12)8-11/h4-9H,1-3,10,18H2. The van der Waals surface area contributed by atoms with Crippen molar-refractivity contribution in [2.45, 2.75) is 29.9 Å². The van der Waals surface area contributed by atoms with E-state index < -0.39 is 15.7 Å². The second-order valence-electron chi connectivity index (χ2n) is 5.40. The first-order chi connectivity index (χ1) is 9.95. The third-order valence-corrected chi connectivity index (χ3v) is 5.57. The van der Waals surface area contributed by atoms with Crippen LogP contribution in [-0.4, -0.2) is 8.42 Å². The molecule has 0 amide bonds. The minimum absolute atomic E-state index is 0.0811. The molecule has 2 aromatic carbocycles. The Hall–Kier alpha value is -1.88. The fraction of sp³-hybridized carbons (Fsp3) is 0.250. The fourth-order valence-corrected chi connectivity index (χ4v) is 4.28. The third-order valence-electron chi connectivity index (χ3n) is 3.83. The number of sulfone groups is 1. The highest BCUT2D eigenvalue weighted by molar-refractivity contribution is 7.90. The Kier molecular flexibility index (Phi) is 3.45. The second-order valence-corrected chi connectivity index (χ2v) is 7.36. The molecule has 0 saturated heterocycles. The summed E-state index contributed by atoms with van der Waals surface area (Å²) in [5, 5.41) is 0. The molecule has 0 unspecified atom stereocenters. The zero-order valence-electron chi connectivity index (χ0n) is 11.5. The SMILES string of the molecule is Nc1ccc(F)cc1S(=O)(=O)Cc1ccc2c(c1)CCC2. The van der Waals surface area contributed by atoms with E-state index in [0.29, 0.717) is 0 Å². The molecule has 1 aliphatic rings. The van der Waals surface area contributed by atoms with E-state index in [2.05, 4.69) is 0 Å². The van der Waals surface area contributed by atoms with E-state index in [4.69, 9.17) is 5.73 Å². The summed E-state index contributed by atoms with van der Waals surface area (Å²) >= 11 is 0. The van der Waals surface area contributed by atoms with E-state index in [1.54, 1.807) is 0 Å². The molecule has 0 heterocycles. The van der Waals surface area contributed by atoms with Crippen molar-refractivity contribution in [1.82, 2.24) is 0 Å². The summed E-state index contributed by atoms with van der Waals surface area (Å²) in [5.41, 5.74) is 8.99. The topological polar surface area (TPSA) is 60.2 Å². The highest BCUT2D eigenvalue weighted by Gasteiger charge is 2.20. The van der Waals surface area contributed by atoms with E-state index in [-0.39, 0.29) is 16.3 Å². The van der Waals surface area contributed by atoms with Crippen molar-refractivity contribution >= 4 is 15.5 Å². The van der Waals surface area contributed by atoms with Crippen molar-refractivity contribution in [2.75, 3.05) is 5.73 Å². The number of hydrogen-bond donors (Lipinski definition) is 1. The molecule has 0 spiro atoms. The number of rotatable bonds is 3. The van der Waals surface area contributed by atoms with Crippen LogP contribution in [0.25, 0.3) is 0 Å². The maximum Gasteiger partial charge on any atom is 0.184 e. The number of nitrogen functional groups attached to an aromatic ring is 1. The van der Waals surface area contributed by atoms with Gasteiger partial charge in [-0.15, -0.1) is 0 Å². The van der Waals surface area contributed by atoms with Crippen LogP contribution in [0.1, 0.15) is 23.1 Å². The molecule has 3 rings (SSSR count). The molecule has 110 valence electrons. The Morgan fingerprint density at radius 2 is 1.81 bits per heavy atom. The number of hydrogen-bond acceptors (Lipinski definition) is 3. The lowest BCUT2D eigenvalue weighted by atomic mass is 10.1. The van der Waals surface area contributed by atoms with Gasteiger partial charge in [-0.05, 0) is 54.2 Å². The number of benzene rings is 2. The second kappa shape index (κ2) is 5.15. The summed E-state index contributed by atoms with van der Waals surface area (Å²) in [5.74, 6) is -0.759. The smallest absolute Gasteiger partial charge is 0.184 e. The molecular weight excluding hydrogens is 289 g/mol. The average molecular weight is 305 g/mol. The van der Waals surface area contributed by atoms with Crippen LogP contribution in [0.5, 0.6) is 0 Å². The van der Waals surface area contributed by atoms with E-state index in [0.717, 1.165) is 37.0 Å². The van der Waals surface area contributed by atoms with Gasteiger partial charge in [-0.25, -0.2) is 12.8 Å². The maximum atomic E-state index is 13.3. The molecule has 3 nitrogen and oxygen atoms in total. The van der Waals surface area contributed by atoms with Crippen LogP contribution in [0.2, 0.25) is 0 Å². The van der Waals surface area contributed by atoms with Crippen LogP contribution in [0.15, 0.2) is 41.3 Å². The van der Waals surface area contributed by atoms with Gasteiger partial charge in [0.05, 0.1) is 16.3 Å². The Balaban J connectivity index is 1.94. The van der Waals surface area contributed by atoms with E-state index in [1.807, 2.05) is 18.2 Å². The molecule has 2 aromatic rings. The van der Waals surface area contributed by atoms with Crippen LogP contribution in [0, 0.1) is 5.82 Å². The van der Waals surface area contributed by atoms with Crippen LogP contribution < -0.4 is 5.73 Å². The van der Waals surface area contributed by atoms with Crippen molar-refractivity contribution in [1.29, 1.82) is 0 Å². The fourth-order valence-electron chi connectivity index (χ4n) is 2.79. The first-order valence-electron chi connectivity index (χ1n) is 6.84. The maximum absolute atomic E-state index is 13.3. The zero-order chi connectivity index (χ0) is 15.0. The van der Waals surface area contributed by atoms with Gasteiger partial charge in [0.1, 0.15) is 5.82 Å². The quantitative estimate of drug-likeness (QED) is 0.887. The lowest BCUT2D eigenvalue weighted by Crippen LogP contribution is -2.08. The first kappa shape index (κ1) is 14.1. The Labute approximate surface area is 123 Å². The van der Waals surface area contributed by atoms with Crippen molar-refractivity contribution in [3.05, 3.63) is 58.9 Å². The minimum atomic E-state index is -3.65. The van der Waals surface area contributed by atoms with Gasteiger partial charge in [0.15, 0.2) is 9.84 Å². The van der Waals surface area contributed by atoms with Gasteiger partial charge in [0.2, 0.25) is 0 Å². The number of nitrogens with two attached hydrogens (primary N) is 1. The van der Waals surface area contributed by atoms with Gasteiger partial charge in [-0.1, -0.05) is 18.2 Å². The van der Waals surface area contributed by atoms with Gasteiger partial charge in [-0.2, -0.15) is 0 Å². The van der Waals surface area contributed by atoms with Gasteiger partial charge < -0.3 is 5.73 Å².